The molecule has 6 heteroatoms. The van der Waals surface area contributed by atoms with Crippen molar-refractivity contribution in [2.24, 2.45) is 0 Å². The van der Waals surface area contributed by atoms with Crippen LogP contribution >= 0.6 is 0 Å². The third kappa shape index (κ3) is 6.08. The first-order valence-corrected chi connectivity index (χ1v) is 6.42. The fraction of sp³-hybridized carbons (Fsp3) is 0.429. The van der Waals surface area contributed by atoms with Crippen molar-refractivity contribution in [2.45, 2.75) is 39.9 Å². The molecule has 2 amide bonds. The Hall–Kier alpha value is -2.24. The first-order chi connectivity index (χ1) is 9.36. The number of anilines is 2. The molecule has 0 atom stereocenters. The Morgan fingerprint density at radius 3 is 1.35 bits per heavy atom. The first-order valence-electron chi connectivity index (χ1n) is 6.42. The average molecular weight is 280 g/mol. The van der Waals surface area contributed by atoms with Crippen molar-refractivity contribution in [3.05, 3.63) is 24.3 Å². The van der Waals surface area contributed by atoms with E-state index >= 15 is 0 Å². The zero-order valence-corrected chi connectivity index (χ0v) is 12.1. The van der Waals surface area contributed by atoms with Crippen LogP contribution in [0.1, 0.15) is 27.7 Å². The lowest BCUT2D eigenvalue weighted by Gasteiger charge is -2.11. The van der Waals surface area contributed by atoms with E-state index < -0.39 is 12.2 Å². The topological polar surface area (TPSA) is 76.7 Å². The Morgan fingerprint density at radius 2 is 1.10 bits per heavy atom. The summed E-state index contributed by atoms with van der Waals surface area (Å²) in [5.41, 5.74) is 1.16. The van der Waals surface area contributed by atoms with Gasteiger partial charge in [-0.25, -0.2) is 9.59 Å². The molecule has 1 rings (SSSR count). The van der Waals surface area contributed by atoms with Crippen LogP contribution in [0.5, 0.6) is 0 Å². The monoisotopic (exact) mass is 280 g/mol. The van der Waals surface area contributed by atoms with Crippen molar-refractivity contribution in [3.8, 4) is 0 Å². The number of carbonyl (C=O) groups is 2. The van der Waals surface area contributed by atoms with E-state index in [1.807, 2.05) is 0 Å². The van der Waals surface area contributed by atoms with Crippen LogP contribution in [0.25, 0.3) is 0 Å². The van der Waals surface area contributed by atoms with Gasteiger partial charge in [0.1, 0.15) is 0 Å². The minimum Gasteiger partial charge on any atom is -0.447 e. The summed E-state index contributed by atoms with van der Waals surface area (Å²) in [7, 11) is 0. The summed E-state index contributed by atoms with van der Waals surface area (Å²) in [5.74, 6) is 0. The molecule has 0 saturated carbocycles. The molecular weight excluding hydrogens is 260 g/mol. The van der Waals surface area contributed by atoms with E-state index in [1.165, 1.54) is 0 Å². The highest BCUT2D eigenvalue weighted by atomic mass is 16.6. The van der Waals surface area contributed by atoms with Crippen LogP contribution in [0.4, 0.5) is 21.0 Å². The molecule has 0 unspecified atom stereocenters. The minimum absolute atomic E-state index is 0.179. The highest BCUT2D eigenvalue weighted by Crippen LogP contribution is 2.14. The summed E-state index contributed by atoms with van der Waals surface area (Å²) in [6, 6.07) is 6.64. The molecular formula is C14H20N2O4. The number of benzene rings is 1. The smallest absolute Gasteiger partial charge is 0.411 e. The van der Waals surface area contributed by atoms with Crippen molar-refractivity contribution < 1.29 is 19.1 Å². The standard InChI is InChI=1S/C14H20N2O4/c1-9(2)19-13(17)15-11-5-7-12(8-6-11)16-14(18)20-10(3)4/h5-10H,1-4H3,(H,15,17)(H,16,18). The number of hydrogen-bond donors (Lipinski definition) is 2. The molecule has 0 spiro atoms. The maximum absolute atomic E-state index is 11.4. The zero-order chi connectivity index (χ0) is 15.1. The fourth-order valence-electron chi connectivity index (χ4n) is 1.36. The minimum atomic E-state index is -0.514. The third-order valence-corrected chi connectivity index (χ3v) is 2.06. The van der Waals surface area contributed by atoms with Crippen LogP contribution in [0.15, 0.2) is 24.3 Å². The molecule has 0 fully saturated rings. The van der Waals surface area contributed by atoms with Crippen molar-refractivity contribution in [2.75, 3.05) is 10.6 Å². The van der Waals surface area contributed by atoms with Crippen LogP contribution in [0, 0.1) is 0 Å². The molecule has 20 heavy (non-hydrogen) atoms. The summed E-state index contributed by atoms with van der Waals surface area (Å²) < 4.78 is 9.91. The van der Waals surface area contributed by atoms with E-state index in [0.29, 0.717) is 11.4 Å². The summed E-state index contributed by atoms with van der Waals surface area (Å²) in [5, 5.41) is 5.16. The Kier molecular flexibility index (Phi) is 5.83. The quantitative estimate of drug-likeness (QED) is 0.883. The van der Waals surface area contributed by atoms with Gasteiger partial charge >= 0.3 is 12.2 Å². The van der Waals surface area contributed by atoms with E-state index in [2.05, 4.69) is 10.6 Å². The van der Waals surface area contributed by atoms with E-state index in [0.717, 1.165) is 0 Å². The van der Waals surface area contributed by atoms with E-state index in [1.54, 1.807) is 52.0 Å². The Labute approximate surface area is 118 Å². The number of carbonyl (C=O) groups excluding carboxylic acids is 2. The van der Waals surface area contributed by atoms with E-state index in [9.17, 15) is 9.59 Å². The van der Waals surface area contributed by atoms with Crippen molar-refractivity contribution in [3.63, 3.8) is 0 Å². The molecule has 0 aromatic heterocycles. The van der Waals surface area contributed by atoms with Gasteiger partial charge < -0.3 is 9.47 Å². The van der Waals surface area contributed by atoms with Gasteiger partial charge in [-0.05, 0) is 52.0 Å². The van der Waals surface area contributed by atoms with Gasteiger partial charge in [-0.3, -0.25) is 10.6 Å². The van der Waals surface area contributed by atoms with Gasteiger partial charge in [-0.2, -0.15) is 0 Å². The van der Waals surface area contributed by atoms with Gasteiger partial charge in [0, 0.05) is 11.4 Å². The average Bonchev–Trinajstić information content (AvgIpc) is 2.29. The summed E-state index contributed by atoms with van der Waals surface area (Å²) in [6.45, 7) is 7.08. The second-order valence-electron chi connectivity index (χ2n) is 4.74. The normalized spacial score (nSPS) is 10.3. The zero-order valence-electron chi connectivity index (χ0n) is 12.1. The molecule has 2 N–H and O–H groups in total. The number of ether oxygens (including phenoxy) is 2. The van der Waals surface area contributed by atoms with Crippen molar-refractivity contribution in [1.29, 1.82) is 0 Å². The lowest BCUT2D eigenvalue weighted by Crippen LogP contribution is -2.19. The van der Waals surface area contributed by atoms with Crippen LogP contribution in [-0.4, -0.2) is 24.4 Å². The van der Waals surface area contributed by atoms with Gasteiger partial charge in [0.05, 0.1) is 12.2 Å². The first kappa shape index (κ1) is 15.8. The molecule has 6 nitrogen and oxygen atoms in total. The highest BCUT2D eigenvalue weighted by molar-refractivity contribution is 5.87. The van der Waals surface area contributed by atoms with Crippen molar-refractivity contribution >= 4 is 23.6 Å². The number of rotatable bonds is 4. The number of nitrogens with one attached hydrogen (secondary N) is 2. The SMILES string of the molecule is CC(C)OC(=O)Nc1ccc(NC(=O)OC(C)C)cc1. The Morgan fingerprint density at radius 1 is 0.800 bits per heavy atom. The van der Waals surface area contributed by atoms with Crippen LogP contribution < -0.4 is 10.6 Å². The van der Waals surface area contributed by atoms with Gasteiger partial charge in [0.25, 0.3) is 0 Å². The van der Waals surface area contributed by atoms with Gasteiger partial charge in [-0.15, -0.1) is 0 Å². The van der Waals surface area contributed by atoms with Crippen LogP contribution in [0.3, 0.4) is 0 Å². The van der Waals surface area contributed by atoms with E-state index in [4.69, 9.17) is 9.47 Å². The van der Waals surface area contributed by atoms with Crippen LogP contribution in [0.2, 0.25) is 0 Å². The fourth-order valence-corrected chi connectivity index (χ4v) is 1.36. The predicted molar refractivity (Wildman–Crippen MR) is 76.9 cm³/mol. The maximum Gasteiger partial charge on any atom is 0.411 e. The van der Waals surface area contributed by atoms with Crippen molar-refractivity contribution in [1.82, 2.24) is 0 Å². The lowest BCUT2D eigenvalue weighted by atomic mass is 10.3. The highest BCUT2D eigenvalue weighted by Gasteiger charge is 2.07. The summed E-state index contributed by atoms with van der Waals surface area (Å²) >= 11 is 0. The third-order valence-electron chi connectivity index (χ3n) is 2.06. The van der Waals surface area contributed by atoms with Gasteiger partial charge in [0.15, 0.2) is 0 Å². The Balaban J connectivity index is 2.52. The lowest BCUT2D eigenvalue weighted by molar-refractivity contribution is 0.129. The molecule has 0 aliphatic heterocycles. The Bertz CT molecular complexity index is 412. The predicted octanol–water partition coefficient (Wildman–Crippen LogP) is 3.60. The van der Waals surface area contributed by atoms with E-state index in [-0.39, 0.29) is 12.2 Å². The number of amides is 2. The molecule has 1 aromatic rings. The summed E-state index contributed by atoms with van der Waals surface area (Å²) in [4.78, 5) is 22.8. The molecule has 0 radical (unpaired) electrons. The second kappa shape index (κ2) is 7.37. The summed E-state index contributed by atoms with van der Waals surface area (Å²) in [6.07, 6.45) is -1.39. The second-order valence-corrected chi connectivity index (χ2v) is 4.74. The van der Waals surface area contributed by atoms with Gasteiger partial charge in [-0.1, -0.05) is 0 Å². The molecule has 0 heterocycles. The largest absolute Gasteiger partial charge is 0.447 e. The molecule has 0 saturated heterocycles. The molecule has 0 bridgehead atoms. The molecule has 0 aliphatic rings. The molecule has 0 aliphatic carbocycles. The number of hydrogen-bond acceptors (Lipinski definition) is 4. The molecule has 110 valence electrons. The molecule has 1 aromatic carbocycles. The maximum atomic E-state index is 11.4. The van der Waals surface area contributed by atoms with Gasteiger partial charge in [0.2, 0.25) is 0 Å². The van der Waals surface area contributed by atoms with Crippen LogP contribution in [-0.2, 0) is 9.47 Å².